The number of H-pyrrole nitrogens is 1. The van der Waals surface area contributed by atoms with E-state index >= 15 is 0 Å². The number of halogens is 1. The molecule has 178 valence electrons. The lowest BCUT2D eigenvalue weighted by atomic mass is 9.90. The van der Waals surface area contributed by atoms with Gasteiger partial charge in [0.2, 0.25) is 15.9 Å². The van der Waals surface area contributed by atoms with E-state index in [9.17, 15) is 13.2 Å². The standard InChI is InChI=1S/C25H26ClN3O4S/c26-21-13-18(19-2-1-17-7-10-27-22(17)14-19)3-6-23(21)34(31,32)28-11-8-25(9-12-28)16-29(20-4-5-20)24(30)15-33-25/h1-3,6-7,10,13-14,20,27H,4-5,8-9,11-12,15-16H2. The highest BCUT2D eigenvalue weighted by Crippen LogP contribution is 2.38. The molecule has 3 aliphatic rings. The Hall–Kier alpha value is -2.39. The normalized spacial score (nSPS) is 21.4. The number of sulfonamides is 1. The molecular weight excluding hydrogens is 474 g/mol. The molecule has 2 saturated heterocycles. The molecule has 1 aliphatic carbocycles. The highest BCUT2D eigenvalue weighted by molar-refractivity contribution is 7.89. The number of aromatic nitrogens is 1. The van der Waals surface area contributed by atoms with Crippen molar-refractivity contribution in [2.75, 3.05) is 26.2 Å². The molecule has 1 N–H and O–H groups in total. The first-order valence-electron chi connectivity index (χ1n) is 11.7. The van der Waals surface area contributed by atoms with E-state index in [1.54, 1.807) is 18.2 Å². The zero-order chi connectivity index (χ0) is 23.5. The average Bonchev–Trinajstić information content (AvgIpc) is 3.57. The average molecular weight is 500 g/mol. The number of piperidine rings is 1. The summed E-state index contributed by atoms with van der Waals surface area (Å²) in [4.78, 5) is 17.5. The lowest BCUT2D eigenvalue weighted by Gasteiger charge is -2.46. The predicted octanol–water partition coefficient (Wildman–Crippen LogP) is 4.03. The van der Waals surface area contributed by atoms with E-state index in [0.717, 1.165) is 34.9 Å². The molecule has 3 heterocycles. The van der Waals surface area contributed by atoms with Gasteiger partial charge in [-0.2, -0.15) is 4.31 Å². The molecule has 9 heteroatoms. The van der Waals surface area contributed by atoms with Crippen LogP contribution in [0.1, 0.15) is 25.7 Å². The second-order valence-corrected chi connectivity index (χ2v) is 11.9. The van der Waals surface area contributed by atoms with Gasteiger partial charge in [-0.15, -0.1) is 0 Å². The van der Waals surface area contributed by atoms with Gasteiger partial charge in [0.15, 0.2) is 0 Å². The van der Waals surface area contributed by atoms with E-state index in [4.69, 9.17) is 16.3 Å². The van der Waals surface area contributed by atoms with Crippen molar-refractivity contribution in [1.29, 1.82) is 0 Å². The van der Waals surface area contributed by atoms with Crippen LogP contribution in [0.25, 0.3) is 22.0 Å². The number of ether oxygens (including phenoxy) is 1. The Kier molecular flexibility index (Phi) is 5.26. The third-order valence-corrected chi connectivity index (χ3v) is 9.72. The highest BCUT2D eigenvalue weighted by Gasteiger charge is 2.47. The highest BCUT2D eigenvalue weighted by atomic mass is 35.5. The molecule has 3 aromatic rings. The van der Waals surface area contributed by atoms with Crippen LogP contribution < -0.4 is 0 Å². The molecule has 2 aliphatic heterocycles. The first kappa shape index (κ1) is 22.1. The molecule has 1 amide bonds. The van der Waals surface area contributed by atoms with Crippen molar-refractivity contribution in [2.45, 2.75) is 42.2 Å². The smallest absolute Gasteiger partial charge is 0.248 e. The summed E-state index contributed by atoms with van der Waals surface area (Å²) >= 11 is 6.52. The van der Waals surface area contributed by atoms with E-state index in [1.165, 1.54) is 4.31 Å². The van der Waals surface area contributed by atoms with Crippen LogP contribution in [0.15, 0.2) is 53.6 Å². The van der Waals surface area contributed by atoms with Crippen molar-refractivity contribution in [3.8, 4) is 11.1 Å². The quantitative estimate of drug-likeness (QED) is 0.587. The van der Waals surface area contributed by atoms with E-state index in [-0.39, 0.29) is 22.4 Å². The number of hydrogen-bond acceptors (Lipinski definition) is 4. The van der Waals surface area contributed by atoms with Crippen LogP contribution in [0.2, 0.25) is 5.02 Å². The van der Waals surface area contributed by atoms with Gasteiger partial charge in [0, 0.05) is 30.8 Å². The molecule has 0 atom stereocenters. The minimum atomic E-state index is -3.74. The second kappa shape index (κ2) is 8.09. The molecule has 6 rings (SSSR count). The lowest BCUT2D eigenvalue weighted by molar-refractivity contribution is -0.170. The number of carbonyl (C=O) groups is 1. The zero-order valence-electron chi connectivity index (χ0n) is 18.7. The summed E-state index contributed by atoms with van der Waals surface area (Å²) in [5, 5.41) is 1.33. The first-order chi connectivity index (χ1) is 16.3. The van der Waals surface area contributed by atoms with Crippen molar-refractivity contribution in [3.05, 3.63) is 53.7 Å². The summed E-state index contributed by atoms with van der Waals surface area (Å²) < 4.78 is 34.3. The molecule has 1 saturated carbocycles. The minimum Gasteiger partial charge on any atom is -0.363 e. The Labute approximate surface area is 203 Å². The summed E-state index contributed by atoms with van der Waals surface area (Å²) in [6, 6.07) is 13.5. The number of fused-ring (bicyclic) bond motifs is 1. The molecule has 0 bridgehead atoms. The van der Waals surface area contributed by atoms with E-state index in [0.29, 0.717) is 38.5 Å². The largest absolute Gasteiger partial charge is 0.363 e. The second-order valence-electron chi connectivity index (χ2n) is 9.55. The van der Waals surface area contributed by atoms with Crippen LogP contribution in [-0.4, -0.2) is 66.4 Å². The predicted molar refractivity (Wildman–Crippen MR) is 130 cm³/mol. The maximum absolute atomic E-state index is 13.4. The Morgan fingerprint density at radius 2 is 1.76 bits per heavy atom. The molecule has 2 aromatic carbocycles. The molecule has 34 heavy (non-hydrogen) atoms. The number of amides is 1. The Bertz CT molecular complexity index is 1370. The summed E-state index contributed by atoms with van der Waals surface area (Å²) in [6.07, 6.45) is 5.12. The summed E-state index contributed by atoms with van der Waals surface area (Å²) in [7, 11) is -3.74. The van der Waals surface area contributed by atoms with Crippen LogP contribution in [-0.2, 0) is 19.6 Å². The van der Waals surface area contributed by atoms with Crippen molar-refractivity contribution in [2.24, 2.45) is 0 Å². The number of nitrogens with one attached hydrogen (secondary N) is 1. The van der Waals surface area contributed by atoms with E-state index in [1.807, 2.05) is 35.4 Å². The maximum Gasteiger partial charge on any atom is 0.248 e. The number of carbonyl (C=O) groups excluding carboxylic acids is 1. The number of nitrogens with zero attached hydrogens (tertiary/aromatic N) is 2. The fourth-order valence-corrected chi connectivity index (χ4v) is 7.11. The van der Waals surface area contributed by atoms with E-state index < -0.39 is 15.6 Å². The number of rotatable bonds is 4. The van der Waals surface area contributed by atoms with Crippen molar-refractivity contribution >= 4 is 38.4 Å². The molecule has 1 aromatic heterocycles. The van der Waals surface area contributed by atoms with E-state index in [2.05, 4.69) is 4.98 Å². The molecule has 1 spiro atoms. The van der Waals surface area contributed by atoms with Gasteiger partial charge in [-0.05, 0) is 66.5 Å². The van der Waals surface area contributed by atoms with Gasteiger partial charge in [-0.3, -0.25) is 4.79 Å². The Morgan fingerprint density at radius 1 is 1.03 bits per heavy atom. The molecule has 3 fully saturated rings. The van der Waals surface area contributed by atoms with Crippen LogP contribution >= 0.6 is 11.6 Å². The van der Waals surface area contributed by atoms with Crippen LogP contribution in [0.4, 0.5) is 0 Å². The fourth-order valence-electron chi connectivity index (χ4n) is 5.15. The lowest BCUT2D eigenvalue weighted by Crippen LogP contribution is -2.59. The van der Waals surface area contributed by atoms with Gasteiger partial charge in [-0.25, -0.2) is 8.42 Å². The summed E-state index contributed by atoms with van der Waals surface area (Å²) in [6.45, 7) is 1.34. The SMILES string of the molecule is O=C1COC2(CCN(S(=O)(=O)c3ccc(-c4ccc5cc[nH]c5c4)cc3Cl)CC2)CN1C1CC1. The minimum absolute atomic E-state index is 0.0467. The van der Waals surface area contributed by atoms with Gasteiger partial charge >= 0.3 is 0 Å². The topological polar surface area (TPSA) is 82.7 Å². The van der Waals surface area contributed by atoms with Crippen LogP contribution in [0.5, 0.6) is 0 Å². The maximum atomic E-state index is 13.4. The number of benzene rings is 2. The molecular formula is C25H26ClN3O4S. The third-order valence-electron chi connectivity index (χ3n) is 7.34. The van der Waals surface area contributed by atoms with Crippen LogP contribution in [0, 0.1) is 0 Å². The number of aromatic amines is 1. The number of morpholine rings is 1. The molecule has 0 unspecified atom stereocenters. The summed E-state index contributed by atoms with van der Waals surface area (Å²) in [5.41, 5.74) is 2.38. The first-order valence-corrected chi connectivity index (χ1v) is 13.5. The van der Waals surface area contributed by atoms with Crippen molar-refractivity contribution in [3.63, 3.8) is 0 Å². The van der Waals surface area contributed by atoms with Gasteiger partial charge in [0.1, 0.15) is 11.5 Å². The van der Waals surface area contributed by atoms with Gasteiger partial charge < -0.3 is 14.6 Å². The zero-order valence-corrected chi connectivity index (χ0v) is 20.2. The van der Waals surface area contributed by atoms with Crippen molar-refractivity contribution < 1.29 is 17.9 Å². The van der Waals surface area contributed by atoms with Crippen molar-refractivity contribution in [1.82, 2.24) is 14.2 Å². The van der Waals surface area contributed by atoms with Crippen LogP contribution in [0.3, 0.4) is 0 Å². The number of hydrogen-bond donors (Lipinski definition) is 1. The third kappa shape index (κ3) is 3.82. The van der Waals surface area contributed by atoms with Gasteiger partial charge in [0.25, 0.3) is 0 Å². The summed E-state index contributed by atoms with van der Waals surface area (Å²) in [5.74, 6) is 0.0467. The monoisotopic (exact) mass is 499 g/mol. The van der Waals surface area contributed by atoms with Gasteiger partial charge in [-0.1, -0.05) is 29.8 Å². The Morgan fingerprint density at radius 3 is 2.50 bits per heavy atom. The Balaban J connectivity index is 1.20. The molecule has 0 radical (unpaired) electrons. The molecule has 7 nitrogen and oxygen atoms in total. The van der Waals surface area contributed by atoms with Gasteiger partial charge in [0.05, 0.1) is 17.2 Å². The fraction of sp³-hybridized carbons (Fsp3) is 0.400.